The zero-order chi connectivity index (χ0) is 78.6. The minimum atomic E-state index is 0. The van der Waals surface area contributed by atoms with E-state index >= 15 is 0 Å². The zero-order valence-electron chi connectivity index (χ0n) is 67.1. The number of aromatic nitrogens is 4. The van der Waals surface area contributed by atoms with Crippen LogP contribution >= 0.6 is 46.4 Å². The zero-order valence-corrected chi connectivity index (χ0v) is 74.9. The van der Waals surface area contributed by atoms with Crippen LogP contribution < -0.4 is 31.9 Å². The van der Waals surface area contributed by atoms with E-state index in [-0.39, 0.29) is 113 Å². The van der Waals surface area contributed by atoms with Gasteiger partial charge in [-0.3, -0.25) is 87.8 Å². The number of hydrogen-bond donors (Lipinski definition) is 6. The van der Waals surface area contributed by atoms with Gasteiger partial charge in [-0.05, 0) is 200 Å². The van der Waals surface area contributed by atoms with Crippen molar-refractivity contribution in [3.8, 4) is 0 Å². The van der Waals surface area contributed by atoms with Gasteiger partial charge in [0, 0.05) is 222 Å². The minimum Gasteiger partial charge on any atom is -0.545 e. The molecular weight excluding hydrogens is 1700 g/mol. The topological polar surface area (TPSA) is 301 Å². The third-order valence-electron chi connectivity index (χ3n) is 17.2. The third kappa shape index (κ3) is 50.2. The van der Waals surface area contributed by atoms with Gasteiger partial charge >= 0.3 is 0 Å². The summed E-state index contributed by atoms with van der Waals surface area (Å²) in [6, 6.07) is 33.0. The quantitative estimate of drug-likeness (QED) is 0.0179. The first-order valence-corrected chi connectivity index (χ1v) is 34.7. The van der Waals surface area contributed by atoms with Crippen molar-refractivity contribution in [3.05, 3.63) is 186 Å². The van der Waals surface area contributed by atoms with Crippen molar-refractivity contribution < 1.29 is 116 Å². The monoisotopic (exact) mass is 1810 g/mol. The van der Waals surface area contributed by atoms with Crippen LogP contribution in [0.2, 0.25) is 20.1 Å². The minimum absolute atomic E-state index is 0. The Morgan fingerprint density at radius 1 is 0.325 bits per heavy atom. The largest absolute Gasteiger partial charge is 0.545 e. The fourth-order valence-electron chi connectivity index (χ4n) is 13.0. The average Bonchev–Trinajstić information content (AvgIpc) is 1.17. The van der Waals surface area contributed by atoms with E-state index in [1.807, 2.05) is 110 Å². The molecule has 114 heavy (non-hydrogen) atoms. The van der Waals surface area contributed by atoms with Gasteiger partial charge in [0.1, 0.15) is 0 Å². The number of anilines is 4. The summed E-state index contributed by atoms with van der Waals surface area (Å²) in [5.74, 6) is 3.19. The Kier molecular flexibility index (Phi) is 101. The Morgan fingerprint density at radius 2 is 0.605 bits per heavy atom. The summed E-state index contributed by atoms with van der Waals surface area (Å²) >= 11 is 24.1. The molecular formula is C84H116Cl4Mn4N12O10-16. The molecule has 4 atom stereocenters. The normalized spacial score (nSPS) is 14.3. The maximum Gasteiger partial charge on any atom is 0.0737 e. The van der Waals surface area contributed by atoms with Crippen molar-refractivity contribution in [1.29, 1.82) is 0 Å². The molecule has 4 radical (unpaired) electrons. The van der Waals surface area contributed by atoms with Crippen LogP contribution in [0.1, 0.15) is 89.9 Å². The second-order valence-corrected chi connectivity index (χ2v) is 25.8. The van der Waals surface area contributed by atoms with Crippen LogP contribution in [-0.2, 0) is 116 Å². The van der Waals surface area contributed by atoms with E-state index < -0.39 is 0 Å². The van der Waals surface area contributed by atoms with Crippen LogP contribution in [0.3, 0.4) is 0 Å². The molecule has 22 nitrogen and oxygen atoms in total. The number of rotatable bonds is 20. The Labute approximate surface area is 745 Å². The molecule has 30 heteroatoms. The van der Waals surface area contributed by atoms with Crippen molar-refractivity contribution in [2.24, 2.45) is 23.7 Å². The molecule has 4 heterocycles. The molecule has 4 aliphatic carbocycles. The second kappa shape index (κ2) is 85.9. The number of halogens is 4. The Bertz CT molecular complexity index is 3540. The van der Waals surface area contributed by atoms with Crippen molar-refractivity contribution >= 4 is 181 Å². The maximum absolute atomic E-state index is 7.75. The Hall–Kier alpha value is -6.50. The maximum atomic E-state index is 7.75. The summed E-state index contributed by atoms with van der Waals surface area (Å²) in [6.07, 6.45) is 26.3. The summed E-state index contributed by atoms with van der Waals surface area (Å²) in [5.41, 5.74) is 8.36. The molecule has 6 N–H and O–H groups in total. The molecule has 4 unspecified atom stereocenters. The van der Waals surface area contributed by atoms with E-state index in [1.165, 1.54) is 109 Å². The van der Waals surface area contributed by atoms with Crippen LogP contribution in [0.15, 0.2) is 122 Å². The van der Waals surface area contributed by atoms with E-state index in [2.05, 4.69) is 170 Å². The molecule has 4 aromatic heterocycles. The summed E-state index contributed by atoms with van der Waals surface area (Å²) in [6.45, 7) is 40.8. The smallest absolute Gasteiger partial charge is 0.0737 e. The van der Waals surface area contributed by atoms with Gasteiger partial charge in [-0.25, -0.2) is 0 Å². The van der Waals surface area contributed by atoms with Gasteiger partial charge in [0.05, 0.1) is 22.1 Å². The number of pyridine rings is 4. The molecule has 0 spiro atoms. The molecule has 12 rings (SSSR count). The molecule has 4 saturated carbocycles. The van der Waals surface area contributed by atoms with Crippen LogP contribution in [0.5, 0.6) is 0 Å². The van der Waals surface area contributed by atoms with Crippen LogP contribution in [0.4, 0.5) is 22.7 Å². The molecule has 8 aromatic rings. The number of hydrogen-bond acceptors (Lipinski definition) is 22. The summed E-state index contributed by atoms with van der Waals surface area (Å²) in [7, 11) is 8.67. The van der Waals surface area contributed by atoms with Crippen LogP contribution in [0.25, 0.3) is 43.6 Å². The van der Waals surface area contributed by atoms with Gasteiger partial charge in [-0.1, -0.05) is 84.9 Å². The molecule has 0 saturated heterocycles. The molecule has 644 valence electrons. The number of benzene rings is 4. The Morgan fingerprint density at radius 3 is 0.947 bits per heavy atom. The SMILES string of the molecule is CN(C)CC1CCCC1CNc1ccnc2cc(Cl)ccc12.CN(C)CC1CCCC1NCCNc1ccnc2cc(Cl)ccc12.Clc1ccc2c(NCC3CCCC3)ccnc2c1.Clc1ccc2c(NCCNC3CCCC3)ccnc2c1.[CH-]=O.[CH-]=O.[CH-]=O.[CH-]=O.[CH-]=O.[CH-]=O.[CH-]=O.[CH-]=O.[CH-]=O.[CH-]=O.[CH3-].[CH3-].[CH3-].[CH3-].[CH3-].[CH3-].[Mn].[Mn].[Mn].[Mn]. The number of carbonyl (C=O) groups excluding carboxylic acids is 10. The van der Waals surface area contributed by atoms with E-state index in [4.69, 9.17) is 94.3 Å². The molecule has 0 aliphatic heterocycles. The fourth-order valence-corrected chi connectivity index (χ4v) is 13.6. The number of nitrogens with zero attached hydrogens (tertiary/aromatic N) is 6. The number of fused-ring (bicyclic) bond motifs is 4. The Balaban J connectivity index is -0.000000110. The van der Waals surface area contributed by atoms with Crippen molar-refractivity contribution in [3.63, 3.8) is 0 Å². The predicted molar refractivity (Wildman–Crippen MR) is 466 cm³/mol. The third-order valence-corrected chi connectivity index (χ3v) is 18.1. The van der Waals surface area contributed by atoms with Crippen molar-refractivity contribution in [2.45, 2.75) is 102 Å². The van der Waals surface area contributed by atoms with Gasteiger partial charge in [0.25, 0.3) is 0 Å². The average molecular weight is 1820 g/mol. The first-order chi connectivity index (χ1) is 50.9. The summed E-state index contributed by atoms with van der Waals surface area (Å²) < 4.78 is 0. The first kappa shape index (κ1) is 134. The van der Waals surface area contributed by atoms with Gasteiger partial charge < -0.3 is 134 Å². The van der Waals surface area contributed by atoms with Crippen molar-refractivity contribution in [2.75, 3.05) is 102 Å². The summed E-state index contributed by atoms with van der Waals surface area (Å²) in [5, 5.41) is 29.0. The second-order valence-electron chi connectivity index (χ2n) is 24.0. The van der Waals surface area contributed by atoms with Gasteiger partial charge in [-0.15, -0.1) is 0 Å². The number of nitrogens with one attached hydrogen (secondary N) is 6. The fraction of sp³-hybridized carbons (Fsp3) is 0.381. The molecule has 4 aromatic carbocycles. The van der Waals surface area contributed by atoms with Crippen molar-refractivity contribution in [1.82, 2.24) is 40.4 Å². The molecule has 0 amide bonds. The predicted octanol–water partition coefficient (Wildman–Crippen LogP) is 16.2. The van der Waals surface area contributed by atoms with Gasteiger partial charge in [-0.2, -0.15) is 0 Å². The van der Waals surface area contributed by atoms with E-state index in [0.29, 0.717) is 6.04 Å². The van der Waals surface area contributed by atoms with E-state index in [0.717, 1.165) is 150 Å². The van der Waals surface area contributed by atoms with E-state index in [9.17, 15) is 0 Å². The van der Waals surface area contributed by atoms with E-state index in [1.54, 1.807) is 0 Å². The van der Waals surface area contributed by atoms with Gasteiger partial charge in [0.2, 0.25) is 0 Å². The molecule has 4 fully saturated rings. The molecule has 4 aliphatic rings. The summed E-state index contributed by atoms with van der Waals surface area (Å²) in [4.78, 5) is 99.6. The van der Waals surface area contributed by atoms with Crippen LogP contribution in [0, 0.1) is 68.2 Å². The van der Waals surface area contributed by atoms with Crippen LogP contribution in [-0.4, -0.2) is 190 Å². The molecule has 0 bridgehead atoms. The van der Waals surface area contributed by atoms with Gasteiger partial charge in [0.15, 0.2) is 0 Å². The first-order valence-electron chi connectivity index (χ1n) is 33.2. The standard InChI is InChI=1S/C19H27ClN4.C18H24ClN3.C16H20ClN3.C15H17ClN2.10CHO.6CH3.4Mn/c1-24(2)13-14-4-3-5-17(14)22-10-11-23-18-8-9-21-19-12-15(20)6-7-16(18)19;1-22(2)12-14-5-3-4-13(14)11-21-17-8-9-20-18-10-15(19)6-7-16(17)18;17-12-5-6-14-15(7-8-19-16(14)11-12)20-10-9-18-13-3-1-2-4-13;16-12-5-6-13-14(7-8-17-15(13)9-12)18-10-11-3-1-2-4-11;10*1-2;;;;;;;;;;/h6-9,12,14,17,22H,3-5,10-11,13H2,1-2H3,(H,21,23);6-10,13-14H,3-5,11-12H2,1-2H3,(H,20,21);5-8,11,13,18H,1-4,9-10H2,(H,19,20);5-9,11H,1-4,10H2,(H,17,18);10*1H;6*1H3;;;;/q;;;;16*-1;;;;.